The quantitative estimate of drug-likeness (QED) is 0.683. The van der Waals surface area contributed by atoms with Crippen molar-refractivity contribution in [2.75, 3.05) is 20.3 Å². The maximum atomic E-state index is 11.4. The van der Waals surface area contributed by atoms with Gasteiger partial charge in [-0.3, -0.25) is 0 Å². The zero-order valence-electron chi connectivity index (χ0n) is 12.4. The molecule has 1 heterocycles. The van der Waals surface area contributed by atoms with Gasteiger partial charge in [0, 0.05) is 4.75 Å². The molecule has 0 atom stereocenters. The lowest BCUT2D eigenvalue weighted by Crippen LogP contribution is -2.55. The third-order valence-electron chi connectivity index (χ3n) is 3.11. The zero-order chi connectivity index (χ0) is 14.8. The van der Waals surface area contributed by atoms with Crippen LogP contribution in [0.15, 0.2) is 24.3 Å². The first kappa shape index (κ1) is 15.4. The fraction of sp³-hybridized carbons (Fsp3) is 0.533. The van der Waals surface area contributed by atoms with Gasteiger partial charge in [0.2, 0.25) is 0 Å². The summed E-state index contributed by atoms with van der Waals surface area (Å²) in [6.07, 6.45) is 0. The molecule has 4 nitrogen and oxygen atoms in total. The van der Waals surface area contributed by atoms with Crippen molar-refractivity contribution in [2.24, 2.45) is 0 Å². The lowest BCUT2D eigenvalue weighted by atomic mass is 9.89. The van der Waals surface area contributed by atoms with Crippen molar-refractivity contribution in [2.45, 2.75) is 31.1 Å². The van der Waals surface area contributed by atoms with Crippen LogP contribution < -0.4 is 4.72 Å². The smallest absolute Gasteiger partial charge is 0.337 e. The fourth-order valence-corrected chi connectivity index (χ4v) is 2.62. The molecule has 0 aromatic heterocycles. The maximum absolute atomic E-state index is 11.4. The highest BCUT2D eigenvalue weighted by atomic mass is 32.2. The molecular weight excluding hydrogens is 274 g/mol. The number of methoxy groups -OCH3 is 1. The number of ether oxygens (including phenoxy) is 2. The Labute approximate surface area is 124 Å². The third kappa shape index (κ3) is 3.34. The summed E-state index contributed by atoms with van der Waals surface area (Å²) < 4.78 is 13.8. The predicted molar refractivity (Wildman–Crippen MR) is 80.8 cm³/mol. The van der Waals surface area contributed by atoms with E-state index in [2.05, 4.69) is 25.5 Å². The average molecular weight is 295 g/mol. The second-order valence-electron chi connectivity index (χ2n) is 5.96. The minimum atomic E-state index is -0.313. The van der Waals surface area contributed by atoms with E-state index in [-0.39, 0.29) is 16.3 Å². The minimum absolute atomic E-state index is 0.133. The SMILES string of the molecule is COC(=O)c1ccc(C2(NSC(C)(C)C)COC2)cc1. The molecule has 0 aliphatic carbocycles. The van der Waals surface area contributed by atoms with Crippen LogP contribution >= 0.6 is 11.9 Å². The fourth-order valence-electron chi connectivity index (χ4n) is 1.88. The van der Waals surface area contributed by atoms with Gasteiger partial charge in [-0.2, -0.15) is 0 Å². The summed E-state index contributed by atoms with van der Waals surface area (Å²) in [4.78, 5) is 11.4. The Morgan fingerprint density at radius 3 is 2.30 bits per heavy atom. The second kappa shape index (κ2) is 5.76. The average Bonchev–Trinajstić information content (AvgIpc) is 2.36. The van der Waals surface area contributed by atoms with E-state index in [4.69, 9.17) is 9.47 Å². The first-order valence-corrected chi connectivity index (χ1v) is 7.40. The monoisotopic (exact) mass is 295 g/mol. The van der Waals surface area contributed by atoms with E-state index >= 15 is 0 Å². The molecule has 1 aromatic carbocycles. The molecule has 5 heteroatoms. The summed E-state index contributed by atoms with van der Waals surface area (Å²) in [7, 11) is 1.39. The van der Waals surface area contributed by atoms with Crippen molar-refractivity contribution in [3.8, 4) is 0 Å². The first-order valence-electron chi connectivity index (χ1n) is 6.58. The molecule has 1 fully saturated rings. The molecule has 0 amide bonds. The molecule has 1 aliphatic rings. The Hall–Kier alpha value is -1.04. The Bertz CT molecular complexity index is 475. The molecule has 0 spiro atoms. The highest BCUT2D eigenvalue weighted by Gasteiger charge is 2.41. The van der Waals surface area contributed by atoms with Crippen LogP contribution in [0.1, 0.15) is 36.7 Å². The van der Waals surface area contributed by atoms with Crippen LogP contribution in [0.25, 0.3) is 0 Å². The summed E-state index contributed by atoms with van der Waals surface area (Å²) in [5, 5.41) is 0. The van der Waals surface area contributed by atoms with Crippen molar-refractivity contribution < 1.29 is 14.3 Å². The molecule has 1 saturated heterocycles. The Morgan fingerprint density at radius 1 is 1.30 bits per heavy atom. The zero-order valence-corrected chi connectivity index (χ0v) is 13.2. The van der Waals surface area contributed by atoms with Gasteiger partial charge in [0.05, 0.1) is 31.4 Å². The normalized spacial score (nSPS) is 17.4. The molecule has 0 radical (unpaired) electrons. The van der Waals surface area contributed by atoms with Gasteiger partial charge in [-0.15, -0.1) is 0 Å². The summed E-state index contributed by atoms with van der Waals surface area (Å²) in [6.45, 7) is 7.79. The largest absolute Gasteiger partial charge is 0.465 e. The molecule has 0 unspecified atom stereocenters. The van der Waals surface area contributed by atoms with Crippen molar-refractivity contribution >= 4 is 17.9 Å². The van der Waals surface area contributed by atoms with Crippen LogP contribution in [0.3, 0.4) is 0 Å². The predicted octanol–water partition coefficient (Wildman–Crippen LogP) is 2.74. The second-order valence-corrected chi connectivity index (χ2v) is 7.59. The standard InChI is InChI=1S/C15H21NO3S/c1-14(2,3)20-16-15(9-19-10-15)12-7-5-11(6-8-12)13(17)18-4/h5-8,16H,9-10H2,1-4H3. The highest BCUT2D eigenvalue weighted by molar-refractivity contribution is 7.98. The van der Waals surface area contributed by atoms with E-state index in [0.29, 0.717) is 18.8 Å². The van der Waals surface area contributed by atoms with Gasteiger partial charge in [-0.05, 0) is 38.5 Å². The molecule has 1 aliphatic heterocycles. The van der Waals surface area contributed by atoms with Crippen LogP contribution in [-0.4, -0.2) is 31.0 Å². The van der Waals surface area contributed by atoms with Crippen LogP contribution in [0.2, 0.25) is 0 Å². The molecule has 0 bridgehead atoms. The first-order chi connectivity index (χ1) is 9.36. The van der Waals surface area contributed by atoms with Crippen LogP contribution in [0.5, 0.6) is 0 Å². The third-order valence-corrected chi connectivity index (χ3v) is 4.21. The van der Waals surface area contributed by atoms with Crippen molar-refractivity contribution in [3.63, 3.8) is 0 Å². The molecular formula is C15H21NO3S. The Kier molecular flexibility index (Phi) is 4.42. The summed E-state index contributed by atoms with van der Waals surface area (Å²) in [6, 6.07) is 7.52. The van der Waals surface area contributed by atoms with Gasteiger partial charge in [-0.25, -0.2) is 9.52 Å². The number of rotatable bonds is 4. The molecule has 0 saturated carbocycles. The number of carbonyl (C=O) groups is 1. The summed E-state index contributed by atoms with van der Waals surface area (Å²) in [5.41, 5.74) is 1.54. The molecule has 2 rings (SSSR count). The van der Waals surface area contributed by atoms with Crippen LogP contribution in [0, 0.1) is 0 Å². The number of hydrogen-bond donors (Lipinski definition) is 1. The number of benzene rings is 1. The lowest BCUT2D eigenvalue weighted by Gasteiger charge is -2.43. The molecule has 110 valence electrons. The molecule has 1 aromatic rings. The summed E-state index contributed by atoms with van der Waals surface area (Å²) >= 11 is 1.70. The summed E-state index contributed by atoms with van der Waals surface area (Å²) in [5.74, 6) is -0.313. The number of esters is 1. The van der Waals surface area contributed by atoms with E-state index < -0.39 is 0 Å². The van der Waals surface area contributed by atoms with Gasteiger partial charge in [0.15, 0.2) is 0 Å². The van der Waals surface area contributed by atoms with Gasteiger partial charge in [0.1, 0.15) is 0 Å². The van der Waals surface area contributed by atoms with Crippen molar-refractivity contribution in [1.82, 2.24) is 4.72 Å². The maximum Gasteiger partial charge on any atom is 0.337 e. The van der Waals surface area contributed by atoms with Crippen molar-refractivity contribution in [3.05, 3.63) is 35.4 Å². The van der Waals surface area contributed by atoms with E-state index in [1.165, 1.54) is 7.11 Å². The van der Waals surface area contributed by atoms with Gasteiger partial charge in [-0.1, -0.05) is 24.1 Å². The lowest BCUT2D eigenvalue weighted by molar-refractivity contribution is -0.0652. The van der Waals surface area contributed by atoms with E-state index in [9.17, 15) is 4.79 Å². The van der Waals surface area contributed by atoms with Crippen LogP contribution in [-0.2, 0) is 15.0 Å². The van der Waals surface area contributed by atoms with E-state index in [1.54, 1.807) is 24.1 Å². The van der Waals surface area contributed by atoms with Gasteiger partial charge < -0.3 is 9.47 Å². The number of hydrogen-bond acceptors (Lipinski definition) is 5. The Balaban J connectivity index is 2.13. The minimum Gasteiger partial charge on any atom is -0.465 e. The van der Waals surface area contributed by atoms with E-state index in [0.717, 1.165) is 5.56 Å². The Morgan fingerprint density at radius 2 is 1.90 bits per heavy atom. The van der Waals surface area contributed by atoms with E-state index in [1.807, 2.05) is 12.1 Å². The topological polar surface area (TPSA) is 47.6 Å². The molecule has 1 N–H and O–H groups in total. The highest BCUT2D eigenvalue weighted by Crippen LogP contribution is 2.34. The van der Waals surface area contributed by atoms with Gasteiger partial charge >= 0.3 is 5.97 Å². The van der Waals surface area contributed by atoms with Crippen LogP contribution in [0.4, 0.5) is 0 Å². The molecule has 20 heavy (non-hydrogen) atoms. The number of nitrogens with one attached hydrogen (secondary N) is 1. The number of carbonyl (C=O) groups excluding carboxylic acids is 1. The van der Waals surface area contributed by atoms with Crippen molar-refractivity contribution in [1.29, 1.82) is 0 Å². The van der Waals surface area contributed by atoms with Gasteiger partial charge in [0.25, 0.3) is 0 Å².